The van der Waals surface area contributed by atoms with Gasteiger partial charge >= 0.3 is 0 Å². The minimum Gasteiger partial charge on any atom is -0.496 e. The van der Waals surface area contributed by atoms with Crippen molar-refractivity contribution in [2.45, 2.75) is 26.3 Å². The lowest BCUT2D eigenvalue weighted by atomic mass is 10.0. The molecule has 102 valence electrons. The number of rotatable bonds is 5. The van der Waals surface area contributed by atoms with Crippen molar-refractivity contribution in [1.29, 1.82) is 0 Å². The number of nitrogens with two attached hydrogens (primary N) is 1. The highest BCUT2D eigenvalue weighted by Gasteiger charge is 2.17. The zero-order valence-electron chi connectivity index (χ0n) is 11.3. The van der Waals surface area contributed by atoms with Crippen molar-refractivity contribution in [3.63, 3.8) is 0 Å². The fourth-order valence-electron chi connectivity index (χ4n) is 2.09. The van der Waals surface area contributed by atoms with Gasteiger partial charge in [0.25, 0.3) is 0 Å². The zero-order valence-corrected chi connectivity index (χ0v) is 11.3. The van der Waals surface area contributed by atoms with Crippen LogP contribution in [0.2, 0.25) is 0 Å². The molecule has 2 rings (SSSR count). The van der Waals surface area contributed by atoms with Gasteiger partial charge in [0, 0.05) is 29.4 Å². The monoisotopic (exact) mass is 262 g/mol. The van der Waals surface area contributed by atoms with E-state index in [0.29, 0.717) is 12.2 Å². The van der Waals surface area contributed by atoms with Gasteiger partial charge in [-0.05, 0) is 13.8 Å². The molecule has 1 unspecified atom stereocenters. The van der Waals surface area contributed by atoms with E-state index in [1.54, 1.807) is 13.3 Å². The lowest BCUT2D eigenvalue weighted by Crippen LogP contribution is -2.31. The summed E-state index contributed by atoms with van der Waals surface area (Å²) in [6.07, 6.45) is 3.86. The van der Waals surface area contributed by atoms with Crippen LogP contribution in [0.15, 0.2) is 12.5 Å². The molecule has 7 nitrogen and oxygen atoms in total. The summed E-state index contributed by atoms with van der Waals surface area (Å²) < 4.78 is 5.39. The number of H-pyrrole nitrogens is 1. The van der Waals surface area contributed by atoms with E-state index in [4.69, 9.17) is 10.6 Å². The normalized spacial score (nSPS) is 12.4. The molecule has 0 aromatic carbocycles. The van der Waals surface area contributed by atoms with Crippen LogP contribution < -0.4 is 16.0 Å². The Hall–Kier alpha value is -1.99. The Labute approximate surface area is 111 Å². The number of aromatic amines is 1. The fourth-order valence-corrected chi connectivity index (χ4v) is 2.09. The molecule has 0 spiro atoms. The van der Waals surface area contributed by atoms with Gasteiger partial charge in [-0.3, -0.25) is 15.9 Å². The van der Waals surface area contributed by atoms with Crippen molar-refractivity contribution >= 4 is 0 Å². The van der Waals surface area contributed by atoms with Crippen LogP contribution >= 0.6 is 0 Å². The van der Waals surface area contributed by atoms with Gasteiger partial charge in [-0.1, -0.05) is 0 Å². The number of nitrogens with zero attached hydrogens (tertiary/aromatic N) is 3. The predicted octanol–water partition coefficient (Wildman–Crippen LogP) is 0.572. The van der Waals surface area contributed by atoms with Crippen molar-refractivity contribution in [3.8, 4) is 5.75 Å². The maximum absolute atomic E-state index is 5.57. The molecule has 2 heterocycles. The molecule has 0 fully saturated rings. The van der Waals surface area contributed by atoms with E-state index in [9.17, 15) is 0 Å². The van der Waals surface area contributed by atoms with Crippen molar-refractivity contribution in [1.82, 2.24) is 25.6 Å². The number of aromatic nitrogens is 4. The maximum atomic E-state index is 5.57. The number of hydrogen-bond donors (Lipinski definition) is 3. The molecule has 0 aliphatic heterocycles. The second-order valence-corrected chi connectivity index (χ2v) is 4.34. The van der Waals surface area contributed by atoms with Gasteiger partial charge in [-0.15, -0.1) is 0 Å². The number of hydrazine groups is 1. The molecule has 1 atom stereocenters. The number of nitrogens with one attached hydrogen (secondary N) is 2. The third-order valence-corrected chi connectivity index (χ3v) is 3.11. The first-order valence-electron chi connectivity index (χ1n) is 5.97. The summed E-state index contributed by atoms with van der Waals surface area (Å²) in [4.78, 5) is 8.55. The van der Waals surface area contributed by atoms with Crippen LogP contribution in [0.3, 0.4) is 0 Å². The van der Waals surface area contributed by atoms with Crippen LogP contribution in [0.5, 0.6) is 5.75 Å². The highest BCUT2D eigenvalue weighted by Crippen LogP contribution is 2.26. The number of methoxy groups -OCH3 is 1. The molecule has 4 N–H and O–H groups in total. The molecule has 0 saturated carbocycles. The Balaban J connectivity index is 2.28. The van der Waals surface area contributed by atoms with Gasteiger partial charge in [-0.25, -0.2) is 10.4 Å². The first-order valence-corrected chi connectivity index (χ1v) is 5.97. The number of pyridine rings is 1. The highest BCUT2D eigenvalue weighted by molar-refractivity contribution is 5.41. The molecule has 0 bridgehead atoms. The average molecular weight is 262 g/mol. The van der Waals surface area contributed by atoms with Crippen molar-refractivity contribution in [2.24, 2.45) is 5.84 Å². The standard InChI is InChI=1S/C12H18N6O/c1-7-5-14-9(8(2)11(7)19-3)4-10(17-13)12-15-6-16-18-12/h5-6,10,17H,4,13H2,1-3H3,(H,15,16,18). The quantitative estimate of drug-likeness (QED) is 0.538. The SMILES string of the molecule is COc1c(C)cnc(CC(NN)c2ncn[nH]2)c1C. The second kappa shape index (κ2) is 5.77. The molecule has 0 amide bonds. The average Bonchev–Trinajstić information content (AvgIpc) is 2.92. The molecule has 0 aliphatic rings. The zero-order chi connectivity index (χ0) is 13.8. The lowest BCUT2D eigenvalue weighted by molar-refractivity contribution is 0.406. The van der Waals surface area contributed by atoms with Crippen molar-refractivity contribution in [2.75, 3.05) is 7.11 Å². The summed E-state index contributed by atoms with van der Waals surface area (Å²) >= 11 is 0. The minimum atomic E-state index is -0.166. The number of hydrogen-bond acceptors (Lipinski definition) is 6. The molecule has 0 aliphatic carbocycles. The fraction of sp³-hybridized carbons (Fsp3) is 0.417. The van der Waals surface area contributed by atoms with E-state index < -0.39 is 0 Å². The first kappa shape index (κ1) is 13.4. The summed E-state index contributed by atoms with van der Waals surface area (Å²) in [6.45, 7) is 3.96. The smallest absolute Gasteiger partial charge is 0.143 e. The van der Waals surface area contributed by atoms with Crippen LogP contribution in [-0.4, -0.2) is 27.3 Å². The molecule has 0 saturated heterocycles. The van der Waals surface area contributed by atoms with E-state index in [1.165, 1.54) is 6.33 Å². The van der Waals surface area contributed by atoms with Gasteiger partial charge in [0.15, 0.2) is 0 Å². The van der Waals surface area contributed by atoms with Gasteiger partial charge in [0.2, 0.25) is 0 Å². The molecule has 19 heavy (non-hydrogen) atoms. The van der Waals surface area contributed by atoms with Crippen LogP contribution in [0, 0.1) is 13.8 Å². The summed E-state index contributed by atoms with van der Waals surface area (Å²) in [7, 11) is 1.66. The van der Waals surface area contributed by atoms with Crippen molar-refractivity contribution in [3.05, 3.63) is 35.2 Å². The van der Waals surface area contributed by atoms with Crippen molar-refractivity contribution < 1.29 is 4.74 Å². The van der Waals surface area contributed by atoms with Gasteiger partial charge in [0.1, 0.15) is 17.9 Å². The molecule has 2 aromatic rings. The molecule has 0 radical (unpaired) electrons. The maximum Gasteiger partial charge on any atom is 0.143 e. The summed E-state index contributed by atoms with van der Waals surface area (Å²) in [5.41, 5.74) is 5.67. The van der Waals surface area contributed by atoms with Gasteiger partial charge in [-0.2, -0.15) is 5.10 Å². The highest BCUT2D eigenvalue weighted by atomic mass is 16.5. The molecule has 7 heteroatoms. The summed E-state index contributed by atoms with van der Waals surface area (Å²) in [6, 6.07) is -0.166. The third-order valence-electron chi connectivity index (χ3n) is 3.11. The Morgan fingerprint density at radius 1 is 1.42 bits per heavy atom. The first-order chi connectivity index (χ1) is 9.17. The molecular weight excluding hydrogens is 244 g/mol. The Bertz CT molecular complexity index is 539. The van der Waals surface area contributed by atoms with E-state index in [1.807, 2.05) is 13.8 Å². The minimum absolute atomic E-state index is 0.166. The third kappa shape index (κ3) is 2.72. The predicted molar refractivity (Wildman–Crippen MR) is 70.4 cm³/mol. The molecule has 2 aromatic heterocycles. The van der Waals surface area contributed by atoms with Crippen LogP contribution in [0.25, 0.3) is 0 Å². The van der Waals surface area contributed by atoms with Crippen LogP contribution in [-0.2, 0) is 6.42 Å². The topological polar surface area (TPSA) is 102 Å². The Kier molecular flexibility index (Phi) is 4.08. The Morgan fingerprint density at radius 3 is 2.79 bits per heavy atom. The summed E-state index contributed by atoms with van der Waals surface area (Å²) in [5.74, 6) is 7.11. The lowest BCUT2D eigenvalue weighted by Gasteiger charge is -2.16. The van der Waals surface area contributed by atoms with Crippen LogP contribution in [0.1, 0.15) is 28.7 Å². The Morgan fingerprint density at radius 2 is 2.21 bits per heavy atom. The van der Waals surface area contributed by atoms with Gasteiger partial charge in [0.05, 0.1) is 13.2 Å². The summed E-state index contributed by atoms with van der Waals surface area (Å²) in [5, 5.41) is 6.63. The van der Waals surface area contributed by atoms with Crippen LogP contribution in [0.4, 0.5) is 0 Å². The number of aryl methyl sites for hydroxylation is 1. The largest absolute Gasteiger partial charge is 0.496 e. The molecular formula is C12H18N6O. The van der Waals surface area contributed by atoms with E-state index in [0.717, 1.165) is 22.6 Å². The van der Waals surface area contributed by atoms with E-state index >= 15 is 0 Å². The van der Waals surface area contributed by atoms with E-state index in [-0.39, 0.29) is 6.04 Å². The van der Waals surface area contributed by atoms with Gasteiger partial charge < -0.3 is 4.74 Å². The second-order valence-electron chi connectivity index (χ2n) is 4.34. The number of ether oxygens (including phenoxy) is 1. The van der Waals surface area contributed by atoms with E-state index in [2.05, 4.69) is 25.6 Å².